The van der Waals surface area contributed by atoms with Crippen LogP contribution in [0.15, 0.2) is 5.38 Å². The lowest BCUT2D eigenvalue weighted by Gasteiger charge is -2.25. The van der Waals surface area contributed by atoms with E-state index in [-0.39, 0.29) is 43.2 Å². The summed E-state index contributed by atoms with van der Waals surface area (Å²) >= 11 is 1.31. The molecule has 0 radical (unpaired) electrons. The Hall–Kier alpha value is -1.89. The first kappa shape index (κ1) is 20.8. The lowest BCUT2D eigenvalue weighted by Crippen LogP contribution is -2.41. The fourth-order valence-corrected chi connectivity index (χ4v) is 6.23. The van der Waals surface area contributed by atoms with E-state index in [2.05, 4.69) is 11.2 Å². The minimum absolute atomic E-state index is 0.0147. The van der Waals surface area contributed by atoms with Crippen LogP contribution >= 0.6 is 11.3 Å². The van der Waals surface area contributed by atoms with Crippen LogP contribution in [0.3, 0.4) is 0 Å². The van der Waals surface area contributed by atoms with Crippen LogP contribution in [-0.4, -0.2) is 62.4 Å². The van der Waals surface area contributed by atoms with Gasteiger partial charge in [0.2, 0.25) is 5.91 Å². The van der Waals surface area contributed by atoms with Gasteiger partial charge in [-0.1, -0.05) is 5.92 Å². The van der Waals surface area contributed by atoms with E-state index in [1.54, 1.807) is 11.8 Å². The Kier molecular flexibility index (Phi) is 6.43. The van der Waals surface area contributed by atoms with Crippen molar-refractivity contribution in [1.82, 2.24) is 4.90 Å². The number of hydrogen-bond donors (Lipinski definition) is 1. The molecule has 1 aliphatic carbocycles. The average molecular weight is 425 g/mol. The number of carbonyl (C=O) groups excluding carboxylic acids is 2. The van der Waals surface area contributed by atoms with E-state index in [0.717, 1.165) is 18.4 Å². The molecular weight excluding hydrogens is 400 g/mol. The SMILES string of the molecule is C#CCN(CC(=O)Nc1scc(C2CC2)c1C(=O)OCC)C1CCS(=O)(=O)C1. The zero-order valence-electron chi connectivity index (χ0n) is 15.8. The molecule has 1 aromatic heterocycles. The van der Waals surface area contributed by atoms with Gasteiger partial charge in [0.05, 0.1) is 36.8 Å². The number of ether oxygens (including phenoxy) is 1. The number of nitrogens with zero attached hydrogens (tertiary/aromatic N) is 1. The lowest BCUT2D eigenvalue weighted by molar-refractivity contribution is -0.117. The largest absolute Gasteiger partial charge is 0.462 e. The summed E-state index contributed by atoms with van der Waals surface area (Å²) < 4.78 is 28.7. The Morgan fingerprint density at radius 1 is 1.39 bits per heavy atom. The predicted octanol–water partition coefficient (Wildman–Crippen LogP) is 1.86. The second kappa shape index (κ2) is 8.64. The molecule has 3 rings (SSSR count). The second-order valence-corrected chi connectivity index (χ2v) is 10.2. The third-order valence-electron chi connectivity index (χ3n) is 4.94. The van der Waals surface area contributed by atoms with E-state index in [1.807, 2.05) is 5.38 Å². The summed E-state index contributed by atoms with van der Waals surface area (Å²) in [6, 6.07) is -0.262. The lowest BCUT2D eigenvalue weighted by atomic mass is 10.1. The maximum atomic E-state index is 12.6. The molecule has 2 aliphatic rings. The minimum atomic E-state index is -3.08. The molecule has 1 amide bonds. The van der Waals surface area contributed by atoms with Gasteiger partial charge in [-0.05, 0) is 43.0 Å². The zero-order chi connectivity index (χ0) is 20.3. The first-order valence-corrected chi connectivity index (χ1v) is 12.0. The summed E-state index contributed by atoms with van der Waals surface area (Å²) in [6.07, 6.45) is 7.93. The molecule has 2 heterocycles. The van der Waals surface area contributed by atoms with Crippen molar-refractivity contribution < 1.29 is 22.7 Å². The number of nitrogens with one attached hydrogen (secondary N) is 1. The average Bonchev–Trinajstić information content (AvgIpc) is 3.29. The zero-order valence-corrected chi connectivity index (χ0v) is 17.4. The van der Waals surface area contributed by atoms with Crippen molar-refractivity contribution in [2.45, 2.75) is 38.1 Å². The summed E-state index contributed by atoms with van der Waals surface area (Å²) in [5, 5.41) is 5.19. The molecular formula is C19H24N2O5S2. The number of hydrogen-bond acceptors (Lipinski definition) is 7. The maximum absolute atomic E-state index is 12.6. The maximum Gasteiger partial charge on any atom is 0.341 e. The van der Waals surface area contributed by atoms with E-state index in [9.17, 15) is 18.0 Å². The Bertz CT molecular complexity index is 896. The normalized spacial score (nSPS) is 20.7. The summed E-state index contributed by atoms with van der Waals surface area (Å²) in [7, 11) is -3.08. The topological polar surface area (TPSA) is 92.8 Å². The number of carbonyl (C=O) groups is 2. The molecule has 152 valence electrons. The first-order chi connectivity index (χ1) is 13.3. The van der Waals surface area contributed by atoms with Crippen molar-refractivity contribution in [1.29, 1.82) is 0 Å². The molecule has 28 heavy (non-hydrogen) atoms. The van der Waals surface area contributed by atoms with Crippen molar-refractivity contribution in [3.05, 3.63) is 16.5 Å². The van der Waals surface area contributed by atoms with E-state index in [4.69, 9.17) is 11.2 Å². The smallest absolute Gasteiger partial charge is 0.341 e. The van der Waals surface area contributed by atoms with Gasteiger partial charge in [-0.2, -0.15) is 0 Å². The van der Waals surface area contributed by atoms with E-state index < -0.39 is 15.8 Å². The number of sulfone groups is 1. The number of anilines is 1. The molecule has 1 N–H and O–H groups in total. The van der Waals surface area contributed by atoms with Crippen molar-refractivity contribution in [3.8, 4) is 12.3 Å². The summed E-state index contributed by atoms with van der Waals surface area (Å²) in [5.74, 6) is 2.22. The Morgan fingerprint density at radius 3 is 2.71 bits per heavy atom. The Balaban J connectivity index is 1.71. The highest BCUT2D eigenvalue weighted by atomic mass is 32.2. The molecule has 0 aromatic carbocycles. The van der Waals surface area contributed by atoms with Gasteiger partial charge in [0, 0.05) is 6.04 Å². The molecule has 9 heteroatoms. The van der Waals surface area contributed by atoms with Crippen LogP contribution in [0, 0.1) is 12.3 Å². The van der Waals surface area contributed by atoms with Crippen LogP contribution in [0.4, 0.5) is 5.00 Å². The minimum Gasteiger partial charge on any atom is -0.462 e. The van der Waals surface area contributed by atoms with Crippen molar-refractivity contribution in [2.24, 2.45) is 0 Å². The number of terminal acetylenes is 1. The first-order valence-electron chi connectivity index (χ1n) is 9.31. The van der Waals surface area contributed by atoms with Gasteiger partial charge in [-0.25, -0.2) is 13.2 Å². The fourth-order valence-electron chi connectivity index (χ4n) is 3.42. The third-order valence-corrected chi connectivity index (χ3v) is 7.60. The fraction of sp³-hybridized carbons (Fsp3) is 0.579. The number of esters is 1. The molecule has 2 fully saturated rings. The van der Waals surface area contributed by atoms with Crippen molar-refractivity contribution >= 4 is 38.1 Å². The van der Waals surface area contributed by atoms with Gasteiger partial charge in [0.1, 0.15) is 5.00 Å². The van der Waals surface area contributed by atoms with E-state index >= 15 is 0 Å². The van der Waals surface area contributed by atoms with Crippen LogP contribution in [0.5, 0.6) is 0 Å². The molecule has 0 bridgehead atoms. The van der Waals surface area contributed by atoms with Crippen LogP contribution in [0.2, 0.25) is 0 Å². The predicted molar refractivity (Wildman–Crippen MR) is 108 cm³/mol. The van der Waals surface area contributed by atoms with Crippen molar-refractivity contribution in [3.63, 3.8) is 0 Å². The molecule has 1 atom stereocenters. The monoisotopic (exact) mass is 424 g/mol. The molecule has 7 nitrogen and oxygen atoms in total. The molecule has 1 unspecified atom stereocenters. The van der Waals surface area contributed by atoms with Gasteiger partial charge >= 0.3 is 5.97 Å². The highest BCUT2D eigenvalue weighted by Gasteiger charge is 2.34. The Morgan fingerprint density at radius 2 is 2.14 bits per heavy atom. The quantitative estimate of drug-likeness (QED) is 0.506. The summed E-state index contributed by atoms with van der Waals surface area (Å²) in [4.78, 5) is 26.7. The van der Waals surface area contributed by atoms with Gasteiger partial charge < -0.3 is 10.1 Å². The van der Waals surface area contributed by atoms with Crippen LogP contribution in [0.25, 0.3) is 0 Å². The highest BCUT2D eigenvalue weighted by Crippen LogP contribution is 2.46. The van der Waals surface area contributed by atoms with Crippen LogP contribution < -0.4 is 5.32 Å². The van der Waals surface area contributed by atoms with Crippen LogP contribution in [0.1, 0.15) is 48.0 Å². The van der Waals surface area contributed by atoms with Gasteiger partial charge in [-0.3, -0.25) is 9.69 Å². The molecule has 1 aromatic rings. The van der Waals surface area contributed by atoms with Gasteiger partial charge in [0.25, 0.3) is 0 Å². The molecule has 1 saturated carbocycles. The van der Waals surface area contributed by atoms with E-state index in [1.165, 1.54) is 11.3 Å². The molecule has 0 spiro atoms. The Labute approximate surface area is 169 Å². The van der Waals surface area contributed by atoms with E-state index in [0.29, 0.717) is 22.9 Å². The number of amides is 1. The molecule has 1 aliphatic heterocycles. The molecule has 1 saturated heterocycles. The number of rotatable bonds is 8. The summed E-state index contributed by atoms with van der Waals surface area (Å²) in [6.45, 7) is 2.17. The number of thiophene rings is 1. The third kappa shape index (κ3) is 4.93. The van der Waals surface area contributed by atoms with Crippen LogP contribution in [-0.2, 0) is 19.4 Å². The van der Waals surface area contributed by atoms with Gasteiger partial charge in [-0.15, -0.1) is 17.8 Å². The van der Waals surface area contributed by atoms with Gasteiger partial charge in [0.15, 0.2) is 9.84 Å². The standard InChI is InChI=1S/C19H24N2O5S2/c1-3-8-21(14-7-9-28(24,25)12-14)10-16(22)20-18-17(19(23)26-4-2)15(11-27-18)13-5-6-13/h1,11,13-14H,4-10,12H2,2H3,(H,20,22). The summed E-state index contributed by atoms with van der Waals surface area (Å²) in [5.41, 5.74) is 1.37. The highest BCUT2D eigenvalue weighted by molar-refractivity contribution is 7.91. The second-order valence-electron chi connectivity index (χ2n) is 7.10. The van der Waals surface area contributed by atoms with Crippen molar-refractivity contribution in [2.75, 3.05) is 36.5 Å².